The van der Waals surface area contributed by atoms with Gasteiger partial charge in [0.25, 0.3) is 0 Å². The first-order chi connectivity index (χ1) is 10.9. The fourth-order valence-electron chi connectivity index (χ4n) is 1.83. The van der Waals surface area contributed by atoms with E-state index < -0.39 is 16.6 Å². The van der Waals surface area contributed by atoms with Crippen LogP contribution in [0.4, 0.5) is 22.7 Å². The molecule has 2 aromatic carbocycles. The number of rotatable bonds is 6. The largest absolute Gasteiger partial charge is 0.448 e. The second-order valence-electron chi connectivity index (χ2n) is 4.31. The Morgan fingerprint density at radius 1 is 0.826 bits per heavy atom. The van der Waals surface area contributed by atoms with Crippen molar-refractivity contribution in [3.63, 3.8) is 0 Å². The zero-order valence-corrected chi connectivity index (χ0v) is 11.7. The molecule has 4 N–H and O–H groups in total. The summed E-state index contributed by atoms with van der Waals surface area (Å²) in [5.41, 5.74) is 10.7. The van der Waals surface area contributed by atoms with E-state index in [2.05, 4.69) is 0 Å². The van der Waals surface area contributed by atoms with E-state index in [4.69, 9.17) is 20.9 Å². The molecule has 0 saturated heterocycles. The third-order valence-corrected chi connectivity index (χ3v) is 2.85. The molecule has 120 valence electrons. The van der Waals surface area contributed by atoms with Crippen molar-refractivity contribution in [2.75, 3.05) is 18.3 Å². The number of anilines is 2. The Bertz CT molecular complexity index is 701. The Hall–Kier alpha value is -3.56. The smallest absolute Gasteiger partial charge is 0.313 e. The van der Waals surface area contributed by atoms with E-state index in [-0.39, 0.29) is 34.2 Å². The zero-order chi connectivity index (χ0) is 17.0. The topological polar surface area (TPSA) is 157 Å². The number of ether oxygens (including phenoxy) is 2. The van der Waals surface area contributed by atoms with Gasteiger partial charge in [-0.1, -0.05) is 12.1 Å². The van der Waals surface area contributed by atoms with Crippen LogP contribution in [0.2, 0.25) is 0 Å². The third-order valence-electron chi connectivity index (χ3n) is 2.85. The number of nitro groups is 2. The maximum atomic E-state index is 10.9. The van der Waals surface area contributed by atoms with E-state index in [1.807, 2.05) is 0 Å². The minimum absolute atomic E-state index is 0.0401. The summed E-state index contributed by atoms with van der Waals surface area (Å²) >= 11 is 0. The number of para-hydroxylation sites is 2. The Morgan fingerprint density at radius 3 is 1.57 bits per heavy atom. The molecule has 0 aliphatic rings. The molecule has 0 heterocycles. The Labute approximate surface area is 129 Å². The van der Waals surface area contributed by atoms with Gasteiger partial charge in [-0.25, -0.2) is 0 Å². The molecule has 0 aromatic heterocycles. The predicted octanol–water partition coefficient (Wildman–Crippen LogP) is 2.08. The summed E-state index contributed by atoms with van der Waals surface area (Å²) in [5, 5.41) is 21.8. The normalized spacial score (nSPS) is 10.1. The van der Waals surface area contributed by atoms with Crippen molar-refractivity contribution in [2.45, 2.75) is 0 Å². The average molecular weight is 320 g/mol. The molecule has 0 atom stereocenters. The average Bonchev–Trinajstić information content (AvgIpc) is 2.49. The van der Waals surface area contributed by atoms with Crippen molar-refractivity contribution >= 4 is 22.7 Å². The van der Waals surface area contributed by atoms with Crippen LogP contribution in [0, 0.1) is 20.2 Å². The van der Waals surface area contributed by atoms with Crippen LogP contribution < -0.4 is 20.9 Å². The highest BCUT2D eigenvalue weighted by Crippen LogP contribution is 2.35. The molecule has 0 amide bonds. The fraction of sp³-hybridized carbons (Fsp3) is 0.0769. The van der Waals surface area contributed by atoms with Gasteiger partial charge in [-0.2, -0.15) is 0 Å². The first-order valence-corrected chi connectivity index (χ1v) is 6.23. The van der Waals surface area contributed by atoms with Gasteiger partial charge in [-0.05, 0) is 12.1 Å². The highest BCUT2D eigenvalue weighted by molar-refractivity contribution is 5.64. The molecule has 0 radical (unpaired) electrons. The maximum Gasteiger partial charge on any atom is 0.313 e. The molecular formula is C13H12N4O6. The van der Waals surface area contributed by atoms with Crippen molar-refractivity contribution in [1.82, 2.24) is 0 Å². The van der Waals surface area contributed by atoms with Gasteiger partial charge in [0, 0.05) is 12.1 Å². The first kappa shape index (κ1) is 15.8. The molecule has 0 unspecified atom stereocenters. The SMILES string of the molecule is Nc1cccc([N+](=O)[O-])c1OCOc1c(N)cccc1[N+](=O)[O-]. The number of nitrogen functional groups attached to an aromatic ring is 2. The van der Waals surface area contributed by atoms with Crippen LogP contribution in [0.25, 0.3) is 0 Å². The molecule has 2 rings (SSSR count). The molecule has 0 aliphatic heterocycles. The van der Waals surface area contributed by atoms with Gasteiger partial charge in [0.15, 0.2) is 0 Å². The first-order valence-electron chi connectivity index (χ1n) is 6.23. The summed E-state index contributed by atoms with van der Waals surface area (Å²) in [6.45, 7) is -0.538. The number of hydrogen-bond acceptors (Lipinski definition) is 8. The van der Waals surface area contributed by atoms with E-state index in [1.165, 1.54) is 36.4 Å². The Balaban J connectivity index is 2.19. The predicted molar refractivity (Wildman–Crippen MR) is 81.1 cm³/mol. The summed E-state index contributed by atoms with van der Waals surface area (Å²) in [5.74, 6) is -0.371. The second kappa shape index (κ2) is 6.47. The van der Waals surface area contributed by atoms with Gasteiger partial charge in [0.05, 0.1) is 21.2 Å². The Morgan fingerprint density at radius 2 is 1.22 bits per heavy atom. The number of hydrogen-bond donors (Lipinski definition) is 2. The van der Waals surface area contributed by atoms with Gasteiger partial charge in [0.2, 0.25) is 18.3 Å². The molecule has 0 spiro atoms. The zero-order valence-electron chi connectivity index (χ0n) is 11.7. The van der Waals surface area contributed by atoms with E-state index in [0.717, 1.165) is 0 Å². The van der Waals surface area contributed by atoms with Crippen LogP contribution in [0.3, 0.4) is 0 Å². The number of nitrogens with two attached hydrogens (primary N) is 2. The van der Waals surface area contributed by atoms with Crippen LogP contribution in [0.1, 0.15) is 0 Å². The van der Waals surface area contributed by atoms with Gasteiger partial charge in [0.1, 0.15) is 0 Å². The molecule has 10 heteroatoms. The second-order valence-corrected chi connectivity index (χ2v) is 4.31. The molecule has 0 fully saturated rings. The molecule has 0 bridgehead atoms. The number of nitrogens with zero attached hydrogens (tertiary/aromatic N) is 2. The molecule has 10 nitrogen and oxygen atoms in total. The van der Waals surface area contributed by atoms with Crippen molar-refractivity contribution < 1.29 is 19.3 Å². The summed E-state index contributed by atoms with van der Waals surface area (Å²) < 4.78 is 10.3. The highest BCUT2D eigenvalue weighted by atomic mass is 16.7. The van der Waals surface area contributed by atoms with Crippen molar-refractivity contribution in [2.24, 2.45) is 0 Å². The fourth-order valence-corrected chi connectivity index (χ4v) is 1.83. The van der Waals surface area contributed by atoms with E-state index in [9.17, 15) is 20.2 Å². The van der Waals surface area contributed by atoms with Gasteiger partial charge >= 0.3 is 11.4 Å². The maximum absolute atomic E-state index is 10.9. The number of benzene rings is 2. The van der Waals surface area contributed by atoms with Crippen LogP contribution in [0.5, 0.6) is 11.5 Å². The van der Waals surface area contributed by atoms with Gasteiger partial charge < -0.3 is 20.9 Å². The number of nitro benzene ring substituents is 2. The van der Waals surface area contributed by atoms with Crippen LogP contribution in [-0.4, -0.2) is 16.6 Å². The summed E-state index contributed by atoms with van der Waals surface area (Å²) in [7, 11) is 0. The van der Waals surface area contributed by atoms with Crippen LogP contribution in [0.15, 0.2) is 36.4 Å². The lowest BCUT2D eigenvalue weighted by atomic mass is 10.2. The molecule has 23 heavy (non-hydrogen) atoms. The van der Waals surface area contributed by atoms with Crippen molar-refractivity contribution in [3.05, 3.63) is 56.6 Å². The highest BCUT2D eigenvalue weighted by Gasteiger charge is 2.20. The van der Waals surface area contributed by atoms with Gasteiger partial charge in [-0.3, -0.25) is 20.2 Å². The van der Waals surface area contributed by atoms with Crippen molar-refractivity contribution in [3.8, 4) is 11.5 Å². The van der Waals surface area contributed by atoms with E-state index in [1.54, 1.807) is 0 Å². The minimum atomic E-state index is -0.662. The molecular weight excluding hydrogens is 308 g/mol. The van der Waals surface area contributed by atoms with E-state index >= 15 is 0 Å². The van der Waals surface area contributed by atoms with Crippen LogP contribution >= 0.6 is 0 Å². The van der Waals surface area contributed by atoms with Gasteiger partial charge in [-0.15, -0.1) is 0 Å². The quantitative estimate of drug-likeness (QED) is 0.354. The van der Waals surface area contributed by atoms with Crippen molar-refractivity contribution in [1.29, 1.82) is 0 Å². The summed E-state index contributed by atoms with van der Waals surface area (Å²) in [4.78, 5) is 20.5. The monoisotopic (exact) mass is 320 g/mol. The third kappa shape index (κ3) is 3.37. The Kier molecular flexibility index (Phi) is 4.45. The van der Waals surface area contributed by atoms with E-state index in [0.29, 0.717) is 0 Å². The summed E-state index contributed by atoms with van der Waals surface area (Å²) in [6, 6.07) is 8.07. The lowest BCUT2D eigenvalue weighted by Crippen LogP contribution is -2.11. The standard InChI is InChI=1S/C13H12N4O6/c14-8-3-1-5-10(16(18)19)12(8)22-7-23-13-9(15)4-2-6-11(13)17(20)21/h1-6H,7,14-15H2. The molecule has 2 aromatic rings. The lowest BCUT2D eigenvalue weighted by Gasteiger charge is -2.11. The molecule has 0 saturated carbocycles. The van der Waals surface area contributed by atoms with Crippen LogP contribution in [-0.2, 0) is 0 Å². The molecule has 0 aliphatic carbocycles. The summed E-state index contributed by atoms with van der Waals surface area (Å²) in [6.07, 6.45) is 0. The lowest BCUT2D eigenvalue weighted by molar-refractivity contribution is -0.386. The minimum Gasteiger partial charge on any atom is -0.448 e.